The van der Waals surface area contributed by atoms with Crippen molar-refractivity contribution in [2.45, 2.75) is 6.18 Å². The SMILES string of the molecule is O=S(OCC(F)(F)F)Oc1cccc(F)c1. The van der Waals surface area contributed by atoms with Crippen LogP contribution in [0.25, 0.3) is 0 Å². The first-order valence-corrected chi connectivity index (χ1v) is 4.92. The summed E-state index contributed by atoms with van der Waals surface area (Å²) in [4.78, 5) is 0. The van der Waals surface area contributed by atoms with Gasteiger partial charge in [-0.2, -0.15) is 17.4 Å². The molecule has 1 rings (SSSR count). The van der Waals surface area contributed by atoms with E-state index in [0.717, 1.165) is 12.1 Å². The van der Waals surface area contributed by atoms with Gasteiger partial charge in [-0.25, -0.2) is 8.57 Å². The average molecular weight is 258 g/mol. The molecule has 0 aliphatic carbocycles. The van der Waals surface area contributed by atoms with Crippen molar-refractivity contribution in [3.8, 4) is 5.75 Å². The summed E-state index contributed by atoms with van der Waals surface area (Å²) in [5, 5.41) is 0. The predicted octanol–water partition coefficient (Wildman–Crippen LogP) is 2.36. The van der Waals surface area contributed by atoms with Gasteiger partial charge in [0.1, 0.15) is 11.6 Å². The van der Waals surface area contributed by atoms with E-state index >= 15 is 0 Å². The highest BCUT2D eigenvalue weighted by Crippen LogP contribution is 2.17. The summed E-state index contributed by atoms with van der Waals surface area (Å²) in [7, 11) is 0. The molecule has 1 atom stereocenters. The maximum absolute atomic E-state index is 12.6. The molecule has 0 bridgehead atoms. The molecule has 0 amide bonds. The van der Waals surface area contributed by atoms with E-state index in [2.05, 4.69) is 8.37 Å². The van der Waals surface area contributed by atoms with Gasteiger partial charge in [0.15, 0.2) is 6.61 Å². The summed E-state index contributed by atoms with van der Waals surface area (Å²) in [6, 6.07) is 4.46. The predicted molar refractivity (Wildman–Crippen MR) is 47.2 cm³/mol. The molecule has 0 saturated heterocycles. The van der Waals surface area contributed by atoms with Crippen LogP contribution in [0.1, 0.15) is 0 Å². The van der Waals surface area contributed by atoms with E-state index in [4.69, 9.17) is 0 Å². The zero-order chi connectivity index (χ0) is 12.2. The van der Waals surface area contributed by atoms with E-state index < -0.39 is 30.0 Å². The normalized spacial score (nSPS) is 13.5. The molecule has 90 valence electrons. The van der Waals surface area contributed by atoms with Gasteiger partial charge in [0.05, 0.1) is 0 Å². The van der Waals surface area contributed by atoms with E-state index in [1.807, 2.05) is 0 Å². The number of halogens is 4. The molecule has 8 heteroatoms. The zero-order valence-electron chi connectivity index (χ0n) is 7.66. The van der Waals surface area contributed by atoms with Crippen molar-refractivity contribution in [1.29, 1.82) is 0 Å². The smallest absolute Gasteiger partial charge is 0.380 e. The highest BCUT2D eigenvalue weighted by atomic mass is 32.2. The molecule has 3 nitrogen and oxygen atoms in total. The van der Waals surface area contributed by atoms with Gasteiger partial charge in [0.2, 0.25) is 0 Å². The van der Waals surface area contributed by atoms with Crippen LogP contribution in [-0.4, -0.2) is 17.0 Å². The molecule has 0 heterocycles. The standard InChI is InChI=1S/C8H6F4O3S/c9-6-2-1-3-7(4-6)15-16(13)14-5-8(10,11)12/h1-4H,5H2. The lowest BCUT2D eigenvalue weighted by molar-refractivity contribution is -0.152. The molecule has 0 N–H and O–H groups in total. The Kier molecular flexibility index (Phi) is 4.25. The fraction of sp³-hybridized carbons (Fsp3) is 0.250. The summed E-state index contributed by atoms with van der Waals surface area (Å²) >= 11 is -2.61. The molecule has 0 radical (unpaired) electrons. The third kappa shape index (κ3) is 5.08. The fourth-order valence-corrected chi connectivity index (χ4v) is 1.28. The molecule has 1 unspecified atom stereocenters. The van der Waals surface area contributed by atoms with Crippen LogP contribution >= 0.6 is 0 Å². The van der Waals surface area contributed by atoms with E-state index in [-0.39, 0.29) is 5.75 Å². The summed E-state index contributed by atoms with van der Waals surface area (Å²) in [5.74, 6) is -0.842. The van der Waals surface area contributed by atoms with Gasteiger partial charge in [0, 0.05) is 6.07 Å². The minimum Gasteiger partial charge on any atom is -0.380 e. The molecule has 1 aromatic rings. The van der Waals surface area contributed by atoms with Crippen molar-refractivity contribution in [2.24, 2.45) is 0 Å². The first-order chi connectivity index (χ1) is 7.37. The Labute approximate surface area is 90.8 Å². The van der Waals surface area contributed by atoms with Crippen LogP contribution < -0.4 is 4.18 Å². The third-order valence-electron chi connectivity index (χ3n) is 1.28. The van der Waals surface area contributed by atoms with Crippen LogP contribution in [0.3, 0.4) is 0 Å². The minimum absolute atomic E-state index is 0.180. The number of hydrogen-bond acceptors (Lipinski definition) is 3. The molecule has 0 aromatic heterocycles. The molecule has 1 aromatic carbocycles. The molecule has 0 saturated carbocycles. The van der Waals surface area contributed by atoms with Crippen LogP contribution in [0, 0.1) is 5.82 Å². The van der Waals surface area contributed by atoms with Gasteiger partial charge >= 0.3 is 17.5 Å². The minimum atomic E-state index is -4.60. The van der Waals surface area contributed by atoms with Crippen molar-refractivity contribution >= 4 is 11.4 Å². The summed E-state index contributed by atoms with van der Waals surface area (Å²) < 4.78 is 66.6. The van der Waals surface area contributed by atoms with Gasteiger partial charge in [-0.1, -0.05) is 6.07 Å². The lowest BCUT2D eigenvalue weighted by Gasteiger charge is -2.07. The van der Waals surface area contributed by atoms with Gasteiger partial charge in [0.25, 0.3) is 0 Å². The molecule has 16 heavy (non-hydrogen) atoms. The Morgan fingerprint density at radius 1 is 1.31 bits per heavy atom. The maximum Gasteiger partial charge on any atom is 0.413 e. The Morgan fingerprint density at radius 2 is 2.00 bits per heavy atom. The third-order valence-corrected chi connectivity index (χ3v) is 1.92. The second-order valence-corrected chi connectivity index (χ2v) is 3.43. The van der Waals surface area contributed by atoms with Gasteiger partial charge in [-0.05, 0) is 12.1 Å². The van der Waals surface area contributed by atoms with E-state index in [1.54, 1.807) is 0 Å². The van der Waals surface area contributed by atoms with Crippen LogP contribution in [0.2, 0.25) is 0 Å². The van der Waals surface area contributed by atoms with Gasteiger partial charge in [-0.15, -0.1) is 0 Å². The molecular formula is C8H6F4O3S. The maximum atomic E-state index is 12.6. The largest absolute Gasteiger partial charge is 0.413 e. The summed E-state index contributed by atoms with van der Waals surface area (Å²) in [6.07, 6.45) is -4.60. The topological polar surface area (TPSA) is 35.5 Å². The molecule has 0 aliphatic heterocycles. The molecule has 0 fully saturated rings. The van der Waals surface area contributed by atoms with E-state index in [1.165, 1.54) is 12.1 Å². The van der Waals surface area contributed by atoms with E-state index in [9.17, 15) is 21.8 Å². The van der Waals surface area contributed by atoms with Crippen LogP contribution in [0.4, 0.5) is 17.6 Å². The Hall–Kier alpha value is -1.15. The second-order valence-electron chi connectivity index (χ2n) is 2.62. The Bertz CT molecular complexity index is 380. The molecular weight excluding hydrogens is 252 g/mol. The lowest BCUT2D eigenvalue weighted by atomic mass is 10.3. The summed E-state index contributed by atoms with van der Waals surface area (Å²) in [6.45, 7) is -1.70. The van der Waals surface area contributed by atoms with E-state index in [0.29, 0.717) is 0 Å². The van der Waals surface area contributed by atoms with Crippen LogP contribution in [0.5, 0.6) is 5.75 Å². The van der Waals surface area contributed by atoms with Crippen molar-refractivity contribution in [1.82, 2.24) is 0 Å². The number of benzene rings is 1. The lowest BCUT2D eigenvalue weighted by Crippen LogP contribution is -2.19. The first-order valence-electron chi connectivity index (χ1n) is 3.92. The highest BCUT2D eigenvalue weighted by Gasteiger charge is 2.29. The van der Waals surface area contributed by atoms with Crippen molar-refractivity contribution in [3.05, 3.63) is 30.1 Å². The Morgan fingerprint density at radius 3 is 2.56 bits per heavy atom. The summed E-state index contributed by atoms with van der Waals surface area (Å²) in [5.41, 5.74) is 0. The van der Waals surface area contributed by atoms with Gasteiger partial charge < -0.3 is 4.18 Å². The average Bonchev–Trinajstić information content (AvgIpc) is 2.14. The fourth-order valence-electron chi connectivity index (χ4n) is 0.736. The molecule has 0 aliphatic rings. The molecule has 0 spiro atoms. The number of hydrogen-bond donors (Lipinski definition) is 0. The second kappa shape index (κ2) is 5.26. The van der Waals surface area contributed by atoms with Crippen molar-refractivity contribution in [2.75, 3.05) is 6.61 Å². The number of rotatable bonds is 4. The zero-order valence-corrected chi connectivity index (χ0v) is 8.48. The first kappa shape index (κ1) is 12.9. The quantitative estimate of drug-likeness (QED) is 0.778. The van der Waals surface area contributed by atoms with Crippen LogP contribution in [-0.2, 0) is 15.5 Å². The Balaban J connectivity index is 2.46. The van der Waals surface area contributed by atoms with Crippen molar-refractivity contribution in [3.63, 3.8) is 0 Å². The number of alkyl halides is 3. The van der Waals surface area contributed by atoms with Crippen molar-refractivity contribution < 1.29 is 30.1 Å². The highest BCUT2D eigenvalue weighted by molar-refractivity contribution is 7.75. The van der Waals surface area contributed by atoms with Gasteiger partial charge in [-0.3, -0.25) is 0 Å². The van der Waals surface area contributed by atoms with Crippen LogP contribution in [0.15, 0.2) is 24.3 Å². The monoisotopic (exact) mass is 258 g/mol.